The lowest BCUT2D eigenvalue weighted by Crippen LogP contribution is -2.41. The molecule has 2 aromatic rings. The number of carboxylic acid groups (broad SMARTS) is 2. The van der Waals surface area contributed by atoms with Crippen LogP contribution >= 0.6 is 0 Å². The molecule has 8 nitrogen and oxygen atoms in total. The molecule has 0 saturated carbocycles. The van der Waals surface area contributed by atoms with Crippen LogP contribution in [0.2, 0.25) is 0 Å². The van der Waals surface area contributed by atoms with Crippen LogP contribution in [0.3, 0.4) is 0 Å². The maximum atomic E-state index is 11.8. The zero-order valence-electron chi connectivity index (χ0n) is 17.6. The highest BCUT2D eigenvalue weighted by atomic mass is 16.4. The van der Waals surface area contributed by atoms with E-state index in [1.807, 2.05) is 12.1 Å². The van der Waals surface area contributed by atoms with Gasteiger partial charge in [0.15, 0.2) is 0 Å². The number of nitrogens with one attached hydrogen (secondary N) is 1. The van der Waals surface area contributed by atoms with Gasteiger partial charge in [-0.1, -0.05) is 13.8 Å². The number of aromatic nitrogens is 1. The molecule has 1 aromatic heterocycles. The van der Waals surface area contributed by atoms with E-state index >= 15 is 0 Å². The van der Waals surface area contributed by atoms with Gasteiger partial charge in [-0.25, -0.2) is 0 Å². The molecule has 0 spiro atoms. The fourth-order valence-electron chi connectivity index (χ4n) is 4.06. The number of hydrogen-bond acceptors (Lipinski definition) is 4. The number of aromatic amines is 1. The first kappa shape index (κ1) is 23.4. The van der Waals surface area contributed by atoms with Gasteiger partial charge in [-0.15, -0.1) is 0 Å². The molecule has 1 unspecified atom stereocenters. The lowest BCUT2D eigenvalue weighted by atomic mass is 9.85. The predicted molar refractivity (Wildman–Crippen MR) is 115 cm³/mol. The van der Waals surface area contributed by atoms with Crippen molar-refractivity contribution in [3.05, 3.63) is 35.0 Å². The standard InChI is InChI=1S/C18H25N3O.C4H6O4/c1-3-7-21(8-4-2)13-9-12-11-20-16-6-5-14(18(19)22)15(10-13)17(12)16;5-3(6)1-2-4(7)8/h5-6,11,13,20H,3-4,7-10H2,1-2H3,(H2,19,22);1-2H2,(H,5,6)(H,7,8). The number of benzene rings is 1. The summed E-state index contributed by atoms with van der Waals surface area (Å²) in [5.41, 5.74) is 9.86. The van der Waals surface area contributed by atoms with Crippen LogP contribution in [0.15, 0.2) is 18.3 Å². The van der Waals surface area contributed by atoms with Gasteiger partial charge in [-0.2, -0.15) is 0 Å². The molecule has 164 valence electrons. The molecule has 1 aliphatic carbocycles. The van der Waals surface area contributed by atoms with Crippen molar-refractivity contribution in [2.45, 2.75) is 58.4 Å². The topological polar surface area (TPSA) is 137 Å². The first-order valence-corrected chi connectivity index (χ1v) is 10.4. The third kappa shape index (κ3) is 5.82. The smallest absolute Gasteiger partial charge is 0.303 e. The average molecular weight is 418 g/mol. The van der Waals surface area contributed by atoms with E-state index in [1.54, 1.807) is 0 Å². The summed E-state index contributed by atoms with van der Waals surface area (Å²) in [6.07, 6.45) is 5.79. The molecule has 1 aromatic carbocycles. The first-order valence-electron chi connectivity index (χ1n) is 10.4. The Morgan fingerprint density at radius 1 is 1.07 bits per heavy atom. The van der Waals surface area contributed by atoms with Gasteiger partial charge in [-0.05, 0) is 62.0 Å². The Morgan fingerprint density at radius 3 is 2.17 bits per heavy atom. The van der Waals surface area contributed by atoms with Crippen LogP contribution in [0, 0.1) is 0 Å². The molecule has 30 heavy (non-hydrogen) atoms. The number of nitrogens with two attached hydrogens (primary N) is 1. The number of amides is 1. The molecule has 1 aliphatic rings. The number of aliphatic carboxylic acids is 2. The molecule has 0 aliphatic heterocycles. The summed E-state index contributed by atoms with van der Waals surface area (Å²) in [5.74, 6) is -2.47. The number of rotatable bonds is 9. The van der Waals surface area contributed by atoms with Crippen LogP contribution in [-0.4, -0.2) is 57.1 Å². The number of carboxylic acids is 2. The zero-order chi connectivity index (χ0) is 22.3. The van der Waals surface area contributed by atoms with Crippen molar-refractivity contribution in [3.63, 3.8) is 0 Å². The van der Waals surface area contributed by atoms with Gasteiger partial charge in [0.25, 0.3) is 0 Å². The average Bonchev–Trinajstić information content (AvgIpc) is 3.11. The molecule has 0 bridgehead atoms. The minimum absolute atomic E-state index is 0.296. The summed E-state index contributed by atoms with van der Waals surface area (Å²) in [7, 11) is 0. The monoisotopic (exact) mass is 417 g/mol. The van der Waals surface area contributed by atoms with Gasteiger partial charge >= 0.3 is 11.9 Å². The van der Waals surface area contributed by atoms with Gasteiger partial charge in [0.05, 0.1) is 12.8 Å². The van der Waals surface area contributed by atoms with E-state index in [4.69, 9.17) is 15.9 Å². The zero-order valence-corrected chi connectivity index (χ0v) is 17.6. The van der Waals surface area contributed by atoms with E-state index in [0.717, 1.165) is 49.9 Å². The van der Waals surface area contributed by atoms with Gasteiger partial charge in [0.2, 0.25) is 5.91 Å². The molecule has 3 rings (SSSR count). The largest absolute Gasteiger partial charge is 0.481 e. The number of carbonyl (C=O) groups is 3. The summed E-state index contributed by atoms with van der Waals surface area (Å²) in [6, 6.07) is 4.30. The maximum absolute atomic E-state index is 11.8. The lowest BCUT2D eigenvalue weighted by Gasteiger charge is -2.34. The second-order valence-electron chi connectivity index (χ2n) is 7.58. The lowest BCUT2D eigenvalue weighted by molar-refractivity contribution is -0.143. The first-order chi connectivity index (χ1) is 14.3. The molecule has 0 saturated heterocycles. The van der Waals surface area contributed by atoms with E-state index in [1.165, 1.54) is 10.9 Å². The summed E-state index contributed by atoms with van der Waals surface area (Å²) < 4.78 is 0. The predicted octanol–water partition coefficient (Wildman–Crippen LogP) is 2.79. The second-order valence-corrected chi connectivity index (χ2v) is 7.58. The van der Waals surface area contributed by atoms with Crippen LogP contribution in [-0.2, 0) is 22.4 Å². The van der Waals surface area contributed by atoms with E-state index in [9.17, 15) is 14.4 Å². The highest BCUT2D eigenvalue weighted by Crippen LogP contribution is 2.33. The molecule has 1 atom stereocenters. The second kappa shape index (κ2) is 10.8. The summed E-state index contributed by atoms with van der Waals surface area (Å²) in [4.78, 5) is 37.0. The van der Waals surface area contributed by atoms with Gasteiger partial charge in [0, 0.05) is 28.7 Å². The minimum Gasteiger partial charge on any atom is -0.481 e. The van der Waals surface area contributed by atoms with Crippen molar-refractivity contribution >= 4 is 28.7 Å². The molecule has 5 N–H and O–H groups in total. The molecule has 0 fully saturated rings. The Labute approximate surface area is 176 Å². The number of primary amides is 1. The minimum atomic E-state index is -1.08. The van der Waals surface area contributed by atoms with Crippen molar-refractivity contribution in [2.75, 3.05) is 13.1 Å². The van der Waals surface area contributed by atoms with E-state index < -0.39 is 11.9 Å². The van der Waals surface area contributed by atoms with E-state index in [2.05, 4.69) is 29.9 Å². The third-order valence-corrected chi connectivity index (χ3v) is 5.29. The molecule has 0 radical (unpaired) electrons. The van der Waals surface area contributed by atoms with Gasteiger partial charge in [-0.3, -0.25) is 19.3 Å². The molecular formula is C22H31N3O5. The van der Waals surface area contributed by atoms with Crippen molar-refractivity contribution < 1.29 is 24.6 Å². The molecule has 1 heterocycles. The van der Waals surface area contributed by atoms with Crippen molar-refractivity contribution in [1.29, 1.82) is 0 Å². The van der Waals surface area contributed by atoms with Gasteiger partial charge < -0.3 is 20.9 Å². The highest BCUT2D eigenvalue weighted by Gasteiger charge is 2.28. The molecular weight excluding hydrogens is 386 g/mol. The number of nitrogens with zero attached hydrogens (tertiary/aromatic N) is 1. The highest BCUT2D eigenvalue weighted by molar-refractivity contribution is 6.01. The summed E-state index contributed by atoms with van der Waals surface area (Å²) in [5, 5.41) is 17.0. The number of H-pyrrole nitrogens is 1. The summed E-state index contributed by atoms with van der Waals surface area (Å²) >= 11 is 0. The van der Waals surface area contributed by atoms with Crippen LogP contribution in [0.5, 0.6) is 0 Å². The fraction of sp³-hybridized carbons (Fsp3) is 0.500. The van der Waals surface area contributed by atoms with Crippen molar-refractivity contribution in [2.24, 2.45) is 5.73 Å². The quantitative estimate of drug-likeness (QED) is 0.495. The Bertz CT molecular complexity index is 886. The van der Waals surface area contributed by atoms with Crippen LogP contribution in [0.1, 0.15) is 61.0 Å². The molecule has 1 amide bonds. The number of hydrogen-bond donors (Lipinski definition) is 4. The van der Waals surface area contributed by atoms with Crippen molar-refractivity contribution in [3.8, 4) is 0 Å². The van der Waals surface area contributed by atoms with Crippen LogP contribution < -0.4 is 5.73 Å². The third-order valence-electron chi connectivity index (χ3n) is 5.29. The molecule has 8 heteroatoms. The maximum Gasteiger partial charge on any atom is 0.303 e. The van der Waals surface area contributed by atoms with E-state index in [-0.39, 0.29) is 18.7 Å². The summed E-state index contributed by atoms with van der Waals surface area (Å²) in [6.45, 7) is 6.67. The van der Waals surface area contributed by atoms with E-state index in [0.29, 0.717) is 11.6 Å². The van der Waals surface area contributed by atoms with Crippen LogP contribution in [0.4, 0.5) is 0 Å². The Hall–Kier alpha value is -2.87. The van der Waals surface area contributed by atoms with Crippen molar-refractivity contribution in [1.82, 2.24) is 9.88 Å². The van der Waals surface area contributed by atoms with Gasteiger partial charge in [0.1, 0.15) is 0 Å². The number of carbonyl (C=O) groups excluding carboxylic acids is 1. The Balaban J connectivity index is 0.000000343. The fourth-order valence-corrected chi connectivity index (χ4v) is 4.06. The SMILES string of the molecule is CCCN(CCC)C1Cc2c[nH]c3ccc(C(N)=O)c(c23)C1.O=C(O)CCC(=O)O. The normalized spacial score (nSPS) is 15.0. The van der Waals surface area contributed by atoms with Crippen LogP contribution in [0.25, 0.3) is 10.9 Å². The Kier molecular flexibility index (Phi) is 8.41. The Morgan fingerprint density at radius 2 is 1.67 bits per heavy atom.